The second-order valence-electron chi connectivity index (χ2n) is 3.86. The number of rotatable bonds is 5. The van der Waals surface area contributed by atoms with Crippen LogP contribution in [-0.2, 0) is 13.0 Å². The predicted molar refractivity (Wildman–Crippen MR) is 65.8 cm³/mol. The Balaban J connectivity index is 1.94. The van der Waals surface area contributed by atoms with E-state index in [-0.39, 0.29) is 12.4 Å². The standard InChI is InChI=1S/C14H14FNO2/c15-13-1-2-14(12(9-13)10-17)18-8-5-11-3-6-16-7-4-11/h1-4,6-7,9,17H,5,8,10H2. The molecule has 0 saturated heterocycles. The summed E-state index contributed by atoms with van der Waals surface area (Å²) in [6, 6.07) is 7.97. The molecule has 0 amide bonds. The zero-order chi connectivity index (χ0) is 12.8. The fraction of sp³-hybridized carbons (Fsp3) is 0.214. The highest BCUT2D eigenvalue weighted by atomic mass is 19.1. The van der Waals surface area contributed by atoms with Crippen molar-refractivity contribution in [3.8, 4) is 5.75 Å². The third kappa shape index (κ3) is 3.28. The molecule has 2 aromatic rings. The Kier molecular flexibility index (Phi) is 4.25. The minimum atomic E-state index is -0.375. The maximum Gasteiger partial charge on any atom is 0.125 e. The molecule has 94 valence electrons. The van der Waals surface area contributed by atoms with Gasteiger partial charge in [-0.15, -0.1) is 0 Å². The Hall–Kier alpha value is -1.94. The first-order valence-corrected chi connectivity index (χ1v) is 5.70. The smallest absolute Gasteiger partial charge is 0.125 e. The highest BCUT2D eigenvalue weighted by Gasteiger charge is 2.04. The van der Waals surface area contributed by atoms with E-state index in [1.165, 1.54) is 18.2 Å². The van der Waals surface area contributed by atoms with Crippen molar-refractivity contribution < 1.29 is 14.2 Å². The molecule has 0 bridgehead atoms. The topological polar surface area (TPSA) is 42.4 Å². The predicted octanol–water partition coefficient (Wildman–Crippen LogP) is 2.33. The number of nitrogens with zero attached hydrogens (tertiary/aromatic N) is 1. The van der Waals surface area contributed by atoms with Gasteiger partial charge in [-0.25, -0.2) is 4.39 Å². The van der Waals surface area contributed by atoms with Crippen molar-refractivity contribution in [1.82, 2.24) is 4.98 Å². The van der Waals surface area contributed by atoms with E-state index in [0.717, 1.165) is 12.0 Å². The van der Waals surface area contributed by atoms with Crippen molar-refractivity contribution in [2.45, 2.75) is 13.0 Å². The summed E-state index contributed by atoms with van der Waals surface area (Å²) >= 11 is 0. The molecular weight excluding hydrogens is 233 g/mol. The normalized spacial score (nSPS) is 10.3. The average molecular weight is 247 g/mol. The zero-order valence-electron chi connectivity index (χ0n) is 9.84. The van der Waals surface area contributed by atoms with E-state index in [4.69, 9.17) is 9.84 Å². The van der Waals surface area contributed by atoms with Crippen molar-refractivity contribution in [2.75, 3.05) is 6.61 Å². The highest BCUT2D eigenvalue weighted by molar-refractivity contribution is 5.33. The Labute approximate surface area is 105 Å². The van der Waals surface area contributed by atoms with Gasteiger partial charge in [0, 0.05) is 24.4 Å². The minimum absolute atomic E-state index is 0.234. The molecule has 0 aliphatic heterocycles. The molecule has 0 fully saturated rings. The molecule has 4 heteroatoms. The van der Waals surface area contributed by atoms with Crippen LogP contribution in [0.3, 0.4) is 0 Å². The number of pyridine rings is 1. The molecule has 0 spiro atoms. The number of aromatic nitrogens is 1. The summed E-state index contributed by atoms with van der Waals surface area (Å²) in [6.45, 7) is 0.241. The van der Waals surface area contributed by atoms with Crippen LogP contribution in [0, 0.1) is 5.82 Å². The van der Waals surface area contributed by atoms with Crippen molar-refractivity contribution >= 4 is 0 Å². The summed E-state index contributed by atoms with van der Waals surface area (Å²) in [4.78, 5) is 3.93. The Morgan fingerprint density at radius 3 is 2.67 bits per heavy atom. The number of halogens is 1. The molecule has 18 heavy (non-hydrogen) atoms. The zero-order valence-corrected chi connectivity index (χ0v) is 9.84. The number of hydrogen-bond acceptors (Lipinski definition) is 3. The molecule has 0 unspecified atom stereocenters. The quantitative estimate of drug-likeness (QED) is 0.881. The van der Waals surface area contributed by atoms with Gasteiger partial charge < -0.3 is 9.84 Å². The monoisotopic (exact) mass is 247 g/mol. The number of benzene rings is 1. The molecular formula is C14H14FNO2. The Morgan fingerprint density at radius 1 is 1.17 bits per heavy atom. The van der Waals surface area contributed by atoms with Gasteiger partial charge in [-0.05, 0) is 35.9 Å². The van der Waals surface area contributed by atoms with Crippen LogP contribution in [0.5, 0.6) is 5.75 Å². The van der Waals surface area contributed by atoms with E-state index in [1.807, 2.05) is 12.1 Å². The average Bonchev–Trinajstić information content (AvgIpc) is 2.41. The number of aliphatic hydroxyl groups excluding tert-OH is 1. The van der Waals surface area contributed by atoms with Gasteiger partial charge in [0.1, 0.15) is 11.6 Å². The van der Waals surface area contributed by atoms with E-state index in [2.05, 4.69) is 4.98 Å². The van der Waals surface area contributed by atoms with Gasteiger partial charge in [0.05, 0.1) is 13.2 Å². The molecule has 1 N–H and O–H groups in total. The van der Waals surface area contributed by atoms with Crippen molar-refractivity contribution in [2.24, 2.45) is 0 Å². The molecule has 0 aliphatic rings. The van der Waals surface area contributed by atoms with Crippen LogP contribution in [0.1, 0.15) is 11.1 Å². The first-order valence-electron chi connectivity index (χ1n) is 5.70. The molecule has 0 saturated carbocycles. The second-order valence-corrected chi connectivity index (χ2v) is 3.86. The van der Waals surface area contributed by atoms with Crippen LogP contribution in [-0.4, -0.2) is 16.7 Å². The van der Waals surface area contributed by atoms with Gasteiger partial charge in [0.2, 0.25) is 0 Å². The molecule has 2 rings (SSSR count). The number of ether oxygens (including phenoxy) is 1. The van der Waals surface area contributed by atoms with Gasteiger partial charge in [0.15, 0.2) is 0 Å². The molecule has 0 atom stereocenters. The lowest BCUT2D eigenvalue weighted by molar-refractivity contribution is 0.263. The lowest BCUT2D eigenvalue weighted by Gasteiger charge is -2.10. The summed E-state index contributed by atoms with van der Waals surface area (Å²) in [5, 5.41) is 9.10. The lowest BCUT2D eigenvalue weighted by atomic mass is 10.2. The van der Waals surface area contributed by atoms with E-state index < -0.39 is 0 Å². The molecule has 3 nitrogen and oxygen atoms in total. The second kappa shape index (κ2) is 6.12. The Morgan fingerprint density at radius 2 is 1.94 bits per heavy atom. The first kappa shape index (κ1) is 12.5. The van der Waals surface area contributed by atoms with Crippen molar-refractivity contribution in [3.05, 3.63) is 59.7 Å². The van der Waals surface area contributed by atoms with E-state index >= 15 is 0 Å². The lowest BCUT2D eigenvalue weighted by Crippen LogP contribution is -2.03. The fourth-order valence-electron chi connectivity index (χ4n) is 1.64. The van der Waals surface area contributed by atoms with Gasteiger partial charge >= 0.3 is 0 Å². The number of aliphatic hydroxyl groups is 1. The van der Waals surface area contributed by atoms with Crippen LogP contribution < -0.4 is 4.74 Å². The van der Waals surface area contributed by atoms with Crippen LogP contribution in [0.15, 0.2) is 42.7 Å². The largest absolute Gasteiger partial charge is 0.493 e. The molecule has 1 heterocycles. The van der Waals surface area contributed by atoms with E-state index in [1.54, 1.807) is 12.4 Å². The van der Waals surface area contributed by atoms with Crippen LogP contribution in [0.2, 0.25) is 0 Å². The van der Waals surface area contributed by atoms with Gasteiger partial charge in [-0.2, -0.15) is 0 Å². The summed E-state index contributed by atoms with van der Waals surface area (Å²) in [7, 11) is 0. The third-order valence-electron chi connectivity index (χ3n) is 2.59. The third-order valence-corrected chi connectivity index (χ3v) is 2.59. The SMILES string of the molecule is OCc1cc(F)ccc1OCCc1ccncc1. The molecule has 0 aliphatic carbocycles. The van der Waals surface area contributed by atoms with E-state index in [9.17, 15) is 4.39 Å². The summed E-state index contributed by atoms with van der Waals surface area (Å²) in [5.74, 6) is 0.147. The van der Waals surface area contributed by atoms with Crippen LogP contribution >= 0.6 is 0 Å². The number of hydrogen-bond donors (Lipinski definition) is 1. The summed E-state index contributed by atoms with van der Waals surface area (Å²) in [6.07, 6.45) is 4.20. The van der Waals surface area contributed by atoms with Crippen LogP contribution in [0.25, 0.3) is 0 Å². The maximum atomic E-state index is 12.9. The fourth-order valence-corrected chi connectivity index (χ4v) is 1.64. The molecule has 1 aromatic heterocycles. The minimum Gasteiger partial charge on any atom is -0.493 e. The highest BCUT2D eigenvalue weighted by Crippen LogP contribution is 2.19. The molecule has 1 aromatic carbocycles. The van der Waals surface area contributed by atoms with Gasteiger partial charge in [-0.3, -0.25) is 4.98 Å². The summed E-state index contributed by atoms with van der Waals surface area (Å²) < 4.78 is 18.5. The van der Waals surface area contributed by atoms with Crippen LogP contribution in [0.4, 0.5) is 4.39 Å². The van der Waals surface area contributed by atoms with Gasteiger partial charge in [0.25, 0.3) is 0 Å². The van der Waals surface area contributed by atoms with Crippen molar-refractivity contribution in [1.29, 1.82) is 0 Å². The first-order chi connectivity index (χ1) is 8.79. The molecule has 0 radical (unpaired) electrons. The Bertz CT molecular complexity index is 502. The van der Waals surface area contributed by atoms with E-state index in [0.29, 0.717) is 17.9 Å². The van der Waals surface area contributed by atoms with Gasteiger partial charge in [-0.1, -0.05) is 0 Å². The van der Waals surface area contributed by atoms with Crippen molar-refractivity contribution in [3.63, 3.8) is 0 Å². The maximum absolute atomic E-state index is 12.9. The summed E-state index contributed by atoms with van der Waals surface area (Å²) in [5.41, 5.74) is 1.59.